The molecule has 1 atom stereocenters. The standard InChI is InChI=1S/C11H13NO4S/c1-17-9-5-3-2-4-7(9)10(14)12-8(6-13)11(15)16/h2-5,8,13H,6H2,1H3,(H,12,14)(H,15,16)/t8-/m1/s1. The van der Waals surface area contributed by atoms with Gasteiger partial charge in [-0.05, 0) is 18.4 Å². The van der Waals surface area contributed by atoms with Crippen molar-refractivity contribution in [2.45, 2.75) is 10.9 Å². The first kappa shape index (κ1) is 13.5. The largest absolute Gasteiger partial charge is 0.480 e. The van der Waals surface area contributed by atoms with Gasteiger partial charge >= 0.3 is 5.97 Å². The number of carboxylic acids is 1. The normalized spacial score (nSPS) is 11.9. The number of rotatable bonds is 5. The van der Waals surface area contributed by atoms with Crippen LogP contribution < -0.4 is 5.32 Å². The Hall–Kier alpha value is -1.53. The SMILES string of the molecule is CSc1ccccc1C(=O)N[C@H](CO)C(=O)O. The van der Waals surface area contributed by atoms with Gasteiger partial charge in [-0.25, -0.2) is 4.79 Å². The fourth-order valence-corrected chi connectivity index (χ4v) is 1.85. The van der Waals surface area contributed by atoms with E-state index in [4.69, 9.17) is 10.2 Å². The molecule has 0 fully saturated rings. The van der Waals surface area contributed by atoms with Crippen molar-refractivity contribution < 1.29 is 19.8 Å². The molecule has 0 aliphatic heterocycles. The molecule has 0 radical (unpaired) electrons. The van der Waals surface area contributed by atoms with Crippen molar-refractivity contribution in [3.05, 3.63) is 29.8 Å². The number of carboxylic acid groups (broad SMARTS) is 1. The van der Waals surface area contributed by atoms with Gasteiger partial charge in [-0.15, -0.1) is 11.8 Å². The molecule has 0 heterocycles. The van der Waals surface area contributed by atoms with Crippen LogP contribution in [0.2, 0.25) is 0 Å². The summed E-state index contributed by atoms with van der Waals surface area (Å²) in [6, 6.07) is 5.59. The number of nitrogens with one attached hydrogen (secondary N) is 1. The lowest BCUT2D eigenvalue weighted by molar-refractivity contribution is -0.140. The van der Waals surface area contributed by atoms with E-state index >= 15 is 0 Å². The van der Waals surface area contributed by atoms with Gasteiger partial charge < -0.3 is 15.5 Å². The zero-order valence-electron chi connectivity index (χ0n) is 9.21. The first-order valence-electron chi connectivity index (χ1n) is 4.87. The Bertz CT molecular complexity index is 422. The molecule has 1 aromatic carbocycles. The Kier molecular flexibility index (Phi) is 4.99. The van der Waals surface area contributed by atoms with Gasteiger partial charge in [-0.1, -0.05) is 12.1 Å². The summed E-state index contributed by atoms with van der Waals surface area (Å²) in [6.07, 6.45) is 1.83. The maximum Gasteiger partial charge on any atom is 0.328 e. The van der Waals surface area contributed by atoms with Crippen LogP contribution in [0.1, 0.15) is 10.4 Å². The van der Waals surface area contributed by atoms with Crippen molar-refractivity contribution in [3.8, 4) is 0 Å². The minimum Gasteiger partial charge on any atom is -0.480 e. The lowest BCUT2D eigenvalue weighted by Crippen LogP contribution is -2.43. The molecule has 17 heavy (non-hydrogen) atoms. The molecule has 1 rings (SSSR count). The molecule has 3 N–H and O–H groups in total. The van der Waals surface area contributed by atoms with Gasteiger partial charge in [-0.2, -0.15) is 0 Å². The zero-order valence-corrected chi connectivity index (χ0v) is 10.0. The average molecular weight is 255 g/mol. The third kappa shape index (κ3) is 3.47. The number of thioether (sulfide) groups is 1. The van der Waals surface area contributed by atoms with E-state index < -0.39 is 24.5 Å². The van der Waals surface area contributed by atoms with Crippen LogP contribution in [0.4, 0.5) is 0 Å². The van der Waals surface area contributed by atoms with Crippen molar-refractivity contribution in [3.63, 3.8) is 0 Å². The van der Waals surface area contributed by atoms with E-state index in [0.717, 1.165) is 4.90 Å². The number of aliphatic hydroxyl groups is 1. The summed E-state index contributed by atoms with van der Waals surface area (Å²) in [5.74, 6) is -1.76. The van der Waals surface area contributed by atoms with Crippen molar-refractivity contribution in [2.24, 2.45) is 0 Å². The predicted octanol–water partition coefficient (Wildman–Crippen LogP) is 0.584. The highest BCUT2D eigenvalue weighted by molar-refractivity contribution is 7.98. The van der Waals surface area contributed by atoms with Gasteiger partial charge in [0.05, 0.1) is 12.2 Å². The second-order valence-electron chi connectivity index (χ2n) is 3.25. The minimum atomic E-state index is -1.28. The maximum atomic E-state index is 11.8. The van der Waals surface area contributed by atoms with Crippen LogP contribution in [0.3, 0.4) is 0 Å². The Morgan fingerprint density at radius 3 is 2.59 bits per heavy atom. The number of carbonyl (C=O) groups excluding carboxylic acids is 1. The summed E-state index contributed by atoms with van der Waals surface area (Å²) in [4.78, 5) is 23.2. The Balaban J connectivity index is 2.86. The molecule has 1 aromatic rings. The first-order chi connectivity index (χ1) is 8.10. The average Bonchev–Trinajstić information content (AvgIpc) is 2.35. The topological polar surface area (TPSA) is 86.6 Å². The van der Waals surface area contributed by atoms with Crippen LogP contribution >= 0.6 is 11.8 Å². The van der Waals surface area contributed by atoms with Gasteiger partial charge in [0.15, 0.2) is 6.04 Å². The van der Waals surface area contributed by atoms with Crippen LogP contribution in [0.15, 0.2) is 29.2 Å². The molecule has 0 aromatic heterocycles. The summed E-state index contributed by atoms with van der Waals surface area (Å²) >= 11 is 1.40. The van der Waals surface area contributed by atoms with Crippen LogP contribution in [0.5, 0.6) is 0 Å². The Labute approximate surface area is 103 Å². The van der Waals surface area contributed by atoms with E-state index in [1.807, 2.05) is 6.26 Å². The number of aliphatic hydroxyl groups excluding tert-OH is 1. The van der Waals surface area contributed by atoms with Crippen LogP contribution in [-0.2, 0) is 4.79 Å². The summed E-state index contributed by atoms with van der Waals surface area (Å²) in [5, 5.41) is 19.8. The Morgan fingerprint density at radius 2 is 2.06 bits per heavy atom. The van der Waals surface area contributed by atoms with Crippen molar-refractivity contribution in [1.82, 2.24) is 5.32 Å². The van der Waals surface area contributed by atoms with Gasteiger partial charge in [0.1, 0.15) is 0 Å². The summed E-state index contributed by atoms with van der Waals surface area (Å²) in [5.41, 5.74) is 0.403. The molecule has 0 aliphatic carbocycles. The number of benzene rings is 1. The quantitative estimate of drug-likeness (QED) is 0.670. The lowest BCUT2D eigenvalue weighted by atomic mass is 10.2. The maximum absolute atomic E-state index is 11.8. The smallest absolute Gasteiger partial charge is 0.328 e. The van der Waals surface area contributed by atoms with E-state index in [2.05, 4.69) is 5.32 Å². The summed E-state index contributed by atoms with van der Waals surface area (Å²) < 4.78 is 0. The van der Waals surface area contributed by atoms with Crippen LogP contribution in [-0.4, -0.2) is 41.0 Å². The molecule has 1 amide bonds. The Morgan fingerprint density at radius 1 is 1.41 bits per heavy atom. The van der Waals surface area contributed by atoms with E-state index in [1.54, 1.807) is 24.3 Å². The molecular weight excluding hydrogens is 242 g/mol. The third-order valence-corrected chi connectivity index (χ3v) is 2.93. The molecule has 0 aliphatic rings. The molecule has 5 nitrogen and oxygen atoms in total. The molecule has 0 bridgehead atoms. The second-order valence-corrected chi connectivity index (χ2v) is 4.10. The summed E-state index contributed by atoms with van der Waals surface area (Å²) in [7, 11) is 0. The summed E-state index contributed by atoms with van der Waals surface area (Å²) in [6.45, 7) is -0.636. The van der Waals surface area contributed by atoms with E-state index in [-0.39, 0.29) is 0 Å². The number of carbonyl (C=O) groups is 2. The second kappa shape index (κ2) is 6.27. The molecule has 0 spiro atoms. The van der Waals surface area contributed by atoms with Gasteiger partial charge in [0, 0.05) is 4.90 Å². The fraction of sp³-hybridized carbons (Fsp3) is 0.273. The van der Waals surface area contributed by atoms with Gasteiger partial charge in [0.25, 0.3) is 5.91 Å². The molecule has 0 saturated heterocycles. The van der Waals surface area contributed by atoms with E-state index in [0.29, 0.717) is 5.56 Å². The van der Waals surface area contributed by atoms with E-state index in [9.17, 15) is 9.59 Å². The van der Waals surface area contributed by atoms with E-state index in [1.165, 1.54) is 11.8 Å². The zero-order chi connectivity index (χ0) is 12.8. The molecule has 6 heteroatoms. The van der Waals surface area contributed by atoms with Crippen LogP contribution in [0, 0.1) is 0 Å². The van der Waals surface area contributed by atoms with Gasteiger partial charge in [0.2, 0.25) is 0 Å². The van der Waals surface area contributed by atoms with Crippen molar-refractivity contribution >= 4 is 23.6 Å². The van der Waals surface area contributed by atoms with Crippen LogP contribution in [0.25, 0.3) is 0 Å². The molecule has 0 unspecified atom stereocenters. The third-order valence-electron chi connectivity index (χ3n) is 2.14. The monoisotopic (exact) mass is 255 g/mol. The van der Waals surface area contributed by atoms with Gasteiger partial charge in [-0.3, -0.25) is 4.79 Å². The lowest BCUT2D eigenvalue weighted by Gasteiger charge is -2.13. The number of aliphatic carboxylic acids is 1. The first-order valence-corrected chi connectivity index (χ1v) is 6.10. The highest BCUT2D eigenvalue weighted by Crippen LogP contribution is 2.19. The highest BCUT2D eigenvalue weighted by atomic mass is 32.2. The number of amides is 1. The predicted molar refractivity (Wildman–Crippen MR) is 64.2 cm³/mol. The highest BCUT2D eigenvalue weighted by Gasteiger charge is 2.20. The fourth-order valence-electron chi connectivity index (χ4n) is 1.25. The minimum absolute atomic E-state index is 0.403. The molecular formula is C11H13NO4S. The number of hydrogen-bond donors (Lipinski definition) is 3. The number of hydrogen-bond acceptors (Lipinski definition) is 4. The molecule has 92 valence electrons. The molecule has 0 saturated carbocycles. The van der Waals surface area contributed by atoms with Crippen molar-refractivity contribution in [1.29, 1.82) is 0 Å². The van der Waals surface area contributed by atoms with Crippen molar-refractivity contribution in [2.75, 3.05) is 12.9 Å².